The molecular formula is C24H30N2O4. The topological polar surface area (TPSA) is 71.4 Å². The fourth-order valence-electron chi connectivity index (χ4n) is 3.68. The smallest absolute Gasteiger partial charge is 0.337 e. The molecule has 6 heteroatoms. The number of nitrogens with zero attached hydrogens (tertiary/aromatic N) is 2. The first-order valence-electron chi connectivity index (χ1n) is 10.3. The van der Waals surface area contributed by atoms with Crippen molar-refractivity contribution in [3.63, 3.8) is 0 Å². The highest BCUT2D eigenvalue weighted by molar-refractivity contribution is 6.02. The summed E-state index contributed by atoms with van der Waals surface area (Å²) in [7, 11) is 1.34. The van der Waals surface area contributed by atoms with Crippen LogP contribution in [0.25, 0.3) is 0 Å². The van der Waals surface area contributed by atoms with Gasteiger partial charge in [0, 0.05) is 24.3 Å². The minimum absolute atomic E-state index is 0.0426. The normalized spacial score (nSPS) is 14.7. The van der Waals surface area contributed by atoms with Crippen LogP contribution in [-0.4, -0.2) is 43.7 Å². The summed E-state index contributed by atoms with van der Waals surface area (Å²) < 4.78 is 10.5. The van der Waals surface area contributed by atoms with Crippen molar-refractivity contribution >= 4 is 17.4 Å². The zero-order chi connectivity index (χ0) is 21.7. The molecule has 1 heterocycles. The van der Waals surface area contributed by atoms with Crippen LogP contribution in [0.2, 0.25) is 0 Å². The van der Waals surface area contributed by atoms with Crippen LogP contribution < -0.4 is 9.64 Å². The number of methoxy groups -OCH3 is 1. The number of hydrogen-bond acceptors (Lipinski definition) is 6. The van der Waals surface area contributed by atoms with Gasteiger partial charge in [-0.25, -0.2) is 4.79 Å². The lowest BCUT2D eigenvalue weighted by Gasteiger charge is -2.29. The average molecular weight is 411 g/mol. The Kier molecular flexibility index (Phi) is 6.65. The van der Waals surface area contributed by atoms with Gasteiger partial charge in [-0.1, -0.05) is 32.0 Å². The van der Waals surface area contributed by atoms with Gasteiger partial charge in [0.25, 0.3) is 0 Å². The van der Waals surface area contributed by atoms with Gasteiger partial charge in [-0.05, 0) is 60.2 Å². The van der Waals surface area contributed by atoms with Gasteiger partial charge >= 0.3 is 5.97 Å². The summed E-state index contributed by atoms with van der Waals surface area (Å²) in [5.41, 5.74) is 4.17. The zero-order valence-corrected chi connectivity index (χ0v) is 18.1. The number of hydrogen-bond donors (Lipinski definition) is 1. The SMILES string of the molecule is COC(=O)c1ccc(OCC(=NO)c2ccc(N3CCCC3)c(C(C)(C)C)c2)cc1. The summed E-state index contributed by atoms with van der Waals surface area (Å²) in [6, 6.07) is 12.9. The first-order chi connectivity index (χ1) is 14.3. The first-order valence-corrected chi connectivity index (χ1v) is 10.3. The van der Waals surface area contributed by atoms with E-state index in [2.05, 4.69) is 43.0 Å². The van der Waals surface area contributed by atoms with E-state index < -0.39 is 5.97 Å². The number of benzene rings is 2. The van der Waals surface area contributed by atoms with Gasteiger partial charge in [0.2, 0.25) is 0 Å². The summed E-state index contributed by atoms with van der Waals surface area (Å²) in [5.74, 6) is 0.181. The molecule has 160 valence electrons. The Bertz CT molecular complexity index is 908. The molecule has 1 aliphatic rings. The number of oxime groups is 1. The van der Waals surface area contributed by atoms with Gasteiger partial charge in [0.05, 0.1) is 12.7 Å². The molecule has 0 aromatic heterocycles. The van der Waals surface area contributed by atoms with E-state index in [0.29, 0.717) is 17.0 Å². The third kappa shape index (κ3) is 4.93. The van der Waals surface area contributed by atoms with E-state index in [1.54, 1.807) is 24.3 Å². The number of carbonyl (C=O) groups excluding carboxylic acids is 1. The lowest BCUT2D eigenvalue weighted by Crippen LogP contribution is -2.24. The molecule has 0 bridgehead atoms. The molecule has 1 fully saturated rings. The molecule has 0 saturated carbocycles. The maximum atomic E-state index is 11.5. The predicted molar refractivity (Wildman–Crippen MR) is 118 cm³/mol. The van der Waals surface area contributed by atoms with Gasteiger partial charge in [0.1, 0.15) is 18.1 Å². The van der Waals surface area contributed by atoms with Crippen molar-refractivity contribution in [2.75, 3.05) is 31.7 Å². The van der Waals surface area contributed by atoms with Crippen molar-refractivity contribution in [1.82, 2.24) is 0 Å². The third-order valence-electron chi connectivity index (χ3n) is 5.36. The molecule has 2 aromatic rings. The minimum atomic E-state index is -0.396. The number of carbonyl (C=O) groups is 1. The van der Waals surface area contributed by atoms with E-state index in [1.165, 1.54) is 31.2 Å². The van der Waals surface area contributed by atoms with Gasteiger partial charge in [-0.3, -0.25) is 0 Å². The van der Waals surface area contributed by atoms with Crippen molar-refractivity contribution < 1.29 is 19.5 Å². The van der Waals surface area contributed by atoms with Crippen LogP contribution in [0.3, 0.4) is 0 Å². The summed E-state index contributed by atoms with van der Waals surface area (Å²) in [5, 5.41) is 13.1. The van der Waals surface area contributed by atoms with Gasteiger partial charge < -0.3 is 19.6 Å². The van der Waals surface area contributed by atoms with Crippen LogP contribution in [0.5, 0.6) is 5.75 Å². The fraction of sp³-hybridized carbons (Fsp3) is 0.417. The zero-order valence-electron chi connectivity index (χ0n) is 18.1. The molecule has 0 unspecified atom stereocenters. The number of anilines is 1. The van der Waals surface area contributed by atoms with Crippen LogP contribution in [0, 0.1) is 0 Å². The van der Waals surface area contributed by atoms with Crippen molar-refractivity contribution in [2.24, 2.45) is 5.16 Å². The molecule has 1 N–H and O–H groups in total. The maximum absolute atomic E-state index is 11.5. The molecule has 30 heavy (non-hydrogen) atoms. The van der Waals surface area contributed by atoms with Crippen molar-refractivity contribution in [1.29, 1.82) is 0 Å². The predicted octanol–water partition coefficient (Wildman–Crippen LogP) is 4.63. The summed E-state index contributed by atoms with van der Waals surface area (Å²) in [6.45, 7) is 8.85. The number of ether oxygens (including phenoxy) is 2. The van der Waals surface area contributed by atoms with Gasteiger partial charge in [0.15, 0.2) is 0 Å². The average Bonchev–Trinajstić information content (AvgIpc) is 3.28. The second-order valence-corrected chi connectivity index (χ2v) is 8.53. The molecule has 0 radical (unpaired) electrons. The van der Waals surface area contributed by atoms with Crippen LogP contribution in [0.15, 0.2) is 47.6 Å². The lowest BCUT2D eigenvalue weighted by atomic mass is 9.84. The molecule has 6 nitrogen and oxygen atoms in total. The lowest BCUT2D eigenvalue weighted by molar-refractivity contribution is 0.0600. The highest BCUT2D eigenvalue weighted by Gasteiger charge is 2.24. The van der Waals surface area contributed by atoms with E-state index in [0.717, 1.165) is 18.7 Å². The number of esters is 1. The summed E-state index contributed by atoms with van der Waals surface area (Å²) >= 11 is 0. The standard InChI is InChI=1S/C24H30N2O4/c1-24(2,3)20-15-18(9-12-22(20)26-13-5-6-14-26)21(25-28)16-30-19-10-7-17(8-11-19)23(27)29-4/h7-12,15,28H,5-6,13-14,16H2,1-4H3. The van der Waals surface area contributed by atoms with Crippen LogP contribution in [0.4, 0.5) is 5.69 Å². The minimum Gasteiger partial charge on any atom is -0.487 e. The monoisotopic (exact) mass is 410 g/mol. The Morgan fingerprint density at radius 3 is 2.27 bits per heavy atom. The Morgan fingerprint density at radius 1 is 1.07 bits per heavy atom. The highest BCUT2D eigenvalue weighted by atomic mass is 16.5. The van der Waals surface area contributed by atoms with Crippen LogP contribution in [0.1, 0.15) is 55.1 Å². The molecule has 1 aliphatic heterocycles. The molecule has 0 atom stereocenters. The van der Waals surface area contributed by atoms with Gasteiger partial charge in [-0.2, -0.15) is 0 Å². The van der Waals surface area contributed by atoms with E-state index >= 15 is 0 Å². The number of rotatable bonds is 6. The fourth-order valence-corrected chi connectivity index (χ4v) is 3.68. The first kappa shape index (κ1) is 21.7. The molecule has 0 spiro atoms. The summed E-state index contributed by atoms with van der Waals surface area (Å²) in [4.78, 5) is 14.0. The van der Waals surface area contributed by atoms with E-state index in [9.17, 15) is 10.0 Å². The Balaban J connectivity index is 1.78. The van der Waals surface area contributed by atoms with Crippen molar-refractivity contribution in [2.45, 2.75) is 39.0 Å². The van der Waals surface area contributed by atoms with Crippen LogP contribution in [-0.2, 0) is 10.2 Å². The Morgan fingerprint density at radius 2 is 1.70 bits per heavy atom. The van der Waals surface area contributed by atoms with Crippen molar-refractivity contribution in [3.8, 4) is 5.75 Å². The van der Waals surface area contributed by atoms with E-state index in [1.807, 2.05) is 6.07 Å². The summed E-state index contributed by atoms with van der Waals surface area (Å²) in [6.07, 6.45) is 2.44. The van der Waals surface area contributed by atoms with Crippen LogP contribution >= 0.6 is 0 Å². The van der Waals surface area contributed by atoms with Crippen molar-refractivity contribution in [3.05, 3.63) is 59.2 Å². The molecule has 2 aromatic carbocycles. The molecule has 0 amide bonds. The molecular weight excluding hydrogens is 380 g/mol. The second kappa shape index (κ2) is 9.20. The largest absolute Gasteiger partial charge is 0.487 e. The molecule has 1 saturated heterocycles. The molecule has 0 aliphatic carbocycles. The third-order valence-corrected chi connectivity index (χ3v) is 5.36. The Hall–Kier alpha value is -3.02. The quantitative estimate of drug-likeness (QED) is 0.325. The Labute approximate surface area is 178 Å². The van der Waals surface area contributed by atoms with E-state index in [-0.39, 0.29) is 12.0 Å². The van der Waals surface area contributed by atoms with Gasteiger partial charge in [-0.15, -0.1) is 0 Å². The molecule has 3 rings (SSSR count). The maximum Gasteiger partial charge on any atom is 0.337 e. The van der Waals surface area contributed by atoms with E-state index in [4.69, 9.17) is 9.47 Å². The highest BCUT2D eigenvalue weighted by Crippen LogP contribution is 2.34. The second-order valence-electron chi connectivity index (χ2n) is 8.53.